The Hall–Kier alpha value is -1.03. The summed E-state index contributed by atoms with van der Waals surface area (Å²) in [6.45, 7) is 3.54. The highest BCUT2D eigenvalue weighted by Crippen LogP contribution is 2.16. The summed E-state index contributed by atoms with van der Waals surface area (Å²) in [5, 5.41) is 7.30. The molecule has 1 aliphatic heterocycles. The molecule has 1 unspecified atom stereocenters. The molecule has 0 bridgehead atoms. The summed E-state index contributed by atoms with van der Waals surface area (Å²) >= 11 is 0. The number of hydrogen-bond donors (Lipinski definition) is 1. The van der Waals surface area contributed by atoms with E-state index in [9.17, 15) is 0 Å². The molecule has 1 aliphatic rings. The second-order valence-corrected chi connectivity index (χ2v) is 2.49. The summed E-state index contributed by atoms with van der Waals surface area (Å²) in [6.07, 6.45) is 1.90. The van der Waals surface area contributed by atoms with Crippen LogP contribution in [0.3, 0.4) is 0 Å². The van der Waals surface area contributed by atoms with Crippen LogP contribution in [-0.4, -0.2) is 22.6 Å². The number of rotatable bonds is 2. The van der Waals surface area contributed by atoms with Gasteiger partial charge in [0.25, 0.3) is 0 Å². The Bertz CT molecular complexity index is 225. The lowest BCUT2D eigenvalue weighted by atomic mass is 10.6. The van der Waals surface area contributed by atoms with Crippen molar-refractivity contribution in [1.29, 1.82) is 0 Å². The first-order valence-electron chi connectivity index (χ1n) is 3.80. The van der Waals surface area contributed by atoms with Crippen molar-refractivity contribution in [2.45, 2.75) is 19.7 Å². The number of ether oxygens (including phenoxy) is 1. The van der Waals surface area contributed by atoms with E-state index < -0.39 is 0 Å². The van der Waals surface area contributed by atoms with Crippen molar-refractivity contribution in [1.82, 2.24) is 9.78 Å². The largest absolute Gasteiger partial charge is 0.357 e. The summed E-state index contributed by atoms with van der Waals surface area (Å²) in [6, 6.07) is 1.94. The smallest absolute Gasteiger partial charge is 0.148 e. The van der Waals surface area contributed by atoms with Gasteiger partial charge in [-0.25, -0.2) is 4.68 Å². The van der Waals surface area contributed by atoms with Crippen molar-refractivity contribution < 1.29 is 4.74 Å². The number of nitrogens with zero attached hydrogens (tertiary/aromatic N) is 2. The van der Waals surface area contributed by atoms with Crippen LogP contribution in [0.15, 0.2) is 12.3 Å². The van der Waals surface area contributed by atoms with Gasteiger partial charge in [0.1, 0.15) is 12.0 Å². The van der Waals surface area contributed by atoms with Gasteiger partial charge in [-0.3, -0.25) is 0 Å². The molecule has 1 N–H and O–H groups in total. The van der Waals surface area contributed by atoms with Gasteiger partial charge in [0.2, 0.25) is 0 Å². The number of nitrogens with one attached hydrogen (secondary N) is 1. The Labute approximate surface area is 65.2 Å². The van der Waals surface area contributed by atoms with E-state index in [1.54, 1.807) is 6.20 Å². The van der Waals surface area contributed by atoms with E-state index in [1.165, 1.54) is 0 Å². The maximum atomic E-state index is 5.37. The SMILES string of the molecule is CCOC1Cn2nccc2N1. The van der Waals surface area contributed by atoms with Crippen molar-refractivity contribution in [3.63, 3.8) is 0 Å². The molecule has 60 valence electrons. The Morgan fingerprint density at radius 2 is 2.82 bits per heavy atom. The molecule has 0 radical (unpaired) electrons. The van der Waals surface area contributed by atoms with E-state index in [1.807, 2.05) is 17.7 Å². The summed E-state index contributed by atoms with van der Waals surface area (Å²) in [5.41, 5.74) is 0. The van der Waals surface area contributed by atoms with Crippen LogP contribution in [0.5, 0.6) is 0 Å². The molecule has 0 amide bonds. The average Bonchev–Trinajstić information content (AvgIpc) is 2.46. The average molecular weight is 153 g/mol. The first-order chi connectivity index (χ1) is 5.40. The predicted molar refractivity (Wildman–Crippen MR) is 41.3 cm³/mol. The lowest BCUT2D eigenvalue weighted by Crippen LogP contribution is -2.20. The molecule has 0 spiro atoms. The zero-order valence-electron chi connectivity index (χ0n) is 6.45. The molecule has 11 heavy (non-hydrogen) atoms. The topological polar surface area (TPSA) is 39.1 Å². The second-order valence-electron chi connectivity index (χ2n) is 2.49. The zero-order chi connectivity index (χ0) is 7.68. The summed E-state index contributed by atoms with van der Waals surface area (Å²) < 4.78 is 7.27. The molecule has 0 fully saturated rings. The lowest BCUT2D eigenvalue weighted by Gasteiger charge is -2.08. The molecule has 4 nitrogen and oxygen atoms in total. The third kappa shape index (κ3) is 1.09. The zero-order valence-corrected chi connectivity index (χ0v) is 6.45. The highest BCUT2D eigenvalue weighted by Gasteiger charge is 2.19. The minimum Gasteiger partial charge on any atom is -0.357 e. The van der Waals surface area contributed by atoms with Gasteiger partial charge in [0.15, 0.2) is 0 Å². The Morgan fingerprint density at radius 1 is 1.91 bits per heavy atom. The molecule has 0 saturated heterocycles. The quantitative estimate of drug-likeness (QED) is 0.678. The van der Waals surface area contributed by atoms with Gasteiger partial charge in [-0.15, -0.1) is 0 Å². The number of hydrogen-bond acceptors (Lipinski definition) is 3. The monoisotopic (exact) mass is 153 g/mol. The van der Waals surface area contributed by atoms with Gasteiger partial charge in [-0.05, 0) is 6.92 Å². The molecule has 4 heteroatoms. The molecule has 0 saturated carbocycles. The minimum absolute atomic E-state index is 0.115. The van der Waals surface area contributed by atoms with E-state index >= 15 is 0 Å². The lowest BCUT2D eigenvalue weighted by molar-refractivity contribution is 0.0781. The summed E-state index contributed by atoms with van der Waals surface area (Å²) in [4.78, 5) is 0. The third-order valence-corrected chi connectivity index (χ3v) is 1.73. The molecule has 1 aromatic rings. The van der Waals surface area contributed by atoms with Gasteiger partial charge >= 0.3 is 0 Å². The Balaban J connectivity index is 2.04. The number of fused-ring (bicyclic) bond motifs is 1. The second kappa shape index (κ2) is 2.54. The number of aromatic nitrogens is 2. The molecule has 1 atom stereocenters. The molecule has 2 heterocycles. The summed E-state index contributed by atoms with van der Waals surface area (Å²) in [7, 11) is 0. The summed E-state index contributed by atoms with van der Waals surface area (Å²) in [5.74, 6) is 1.04. The van der Waals surface area contributed by atoms with Crippen LogP contribution in [0.2, 0.25) is 0 Å². The highest BCUT2D eigenvalue weighted by molar-refractivity contribution is 5.37. The van der Waals surface area contributed by atoms with Crippen molar-refractivity contribution in [3.8, 4) is 0 Å². The maximum Gasteiger partial charge on any atom is 0.148 e. The van der Waals surface area contributed by atoms with Crippen LogP contribution in [0.4, 0.5) is 5.82 Å². The number of anilines is 1. The molecule has 1 aromatic heterocycles. The van der Waals surface area contributed by atoms with Crippen molar-refractivity contribution in [2.75, 3.05) is 11.9 Å². The van der Waals surface area contributed by atoms with Gasteiger partial charge in [0, 0.05) is 12.7 Å². The first-order valence-corrected chi connectivity index (χ1v) is 3.80. The minimum atomic E-state index is 0.115. The molecule has 0 aliphatic carbocycles. The van der Waals surface area contributed by atoms with Gasteiger partial charge in [-0.2, -0.15) is 5.10 Å². The van der Waals surface area contributed by atoms with E-state index in [0.717, 1.165) is 19.0 Å². The highest BCUT2D eigenvalue weighted by atomic mass is 16.5. The van der Waals surface area contributed by atoms with E-state index in [-0.39, 0.29) is 6.23 Å². The van der Waals surface area contributed by atoms with Crippen molar-refractivity contribution in [2.24, 2.45) is 0 Å². The maximum absolute atomic E-state index is 5.37. The van der Waals surface area contributed by atoms with Crippen molar-refractivity contribution in [3.05, 3.63) is 12.3 Å². The Kier molecular flexibility index (Phi) is 1.54. The van der Waals surface area contributed by atoms with Crippen LogP contribution in [0, 0.1) is 0 Å². The normalized spacial score (nSPS) is 21.4. The first kappa shape index (κ1) is 6.67. The van der Waals surface area contributed by atoms with E-state index in [0.29, 0.717) is 0 Å². The third-order valence-electron chi connectivity index (χ3n) is 1.73. The molecule has 2 rings (SSSR count). The molecular weight excluding hydrogens is 142 g/mol. The van der Waals surface area contributed by atoms with E-state index in [4.69, 9.17) is 4.74 Å². The van der Waals surface area contributed by atoms with Crippen LogP contribution in [0.1, 0.15) is 6.92 Å². The molecule has 0 aromatic carbocycles. The van der Waals surface area contributed by atoms with Crippen LogP contribution >= 0.6 is 0 Å². The van der Waals surface area contributed by atoms with Gasteiger partial charge in [0.05, 0.1) is 12.7 Å². The fraction of sp³-hybridized carbons (Fsp3) is 0.571. The van der Waals surface area contributed by atoms with Crippen LogP contribution in [0.25, 0.3) is 0 Å². The van der Waals surface area contributed by atoms with Crippen LogP contribution in [-0.2, 0) is 11.3 Å². The van der Waals surface area contributed by atoms with Gasteiger partial charge < -0.3 is 10.1 Å². The predicted octanol–water partition coefficient (Wildman–Crippen LogP) is 0.671. The van der Waals surface area contributed by atoms with Crippen molar-refractivity contribution >= 4 is 5.82 Å². The van der Waals surface area contributed by atoms with Crippen LogP contribution < -0.4 is 5.32 Å². The van der Waals surface area contributed by atoms with E-state index in [2.05, 4.69) is 10.4 Å². The molecular formula is C7H11N3O. The fourth-order valence-corrected chi connectivity index (χ4v) is 1.26. The Morgan fingerprint density at radius 3 is 3.55 bits per heavy atom. The van der Waals surface area contributed by atoms with Gasteiger partial charge in [-0.1, -0.05) is 0 Å². The fourth-order valence-electron chi connectivity index (χ4n) is 1.26. The standard InChI is InChI=1S/C7H11N3O/c1-2-11-7-5-10-6(9-7)3-4-8-10/h3-4,7,9H,2,5H2,1H3.